The van der Waals surface area contributed by atoms with Crippen LogP contribution in [0.25, 0.3) is 11.1 Å². The lowest BCUT2D eigenvalue weighted by atomic mass is 9.68. The van der Waals surface area contributed by atoms with Gasteiger partial charge in [0.05, 0.1) is 0 Å². The van der Waals surface area contributed by atoms with E-state index in [0.29, 0.717) is 11.5 Å². The Balaban J connectivity index is 1.44. The number of rotatable bonds is 3. The molecule has 1 atom stereocenters. The van der Waals surface area contributed by atoms with Gasteiger partial charge in [-0.1, -0.05) is 38.0 Å². The van der Waals surface area contributed by atoms with Crippen molar-refractivity contribution >= 4 is 14.5 Å². The third-order valence-corrected chi connectivity index (χ3v) is 7.82. The van der Waals surface area contributed by atoms with Crippen LogP contribution in [0, 0.1) is 35.2 Å². The standard InChI is InChI=1S/C25H30F3P/c1-15-2-4-16(5-3-15)17-6-8-18(9-7-17)19-10-11-21(24(29)14-19)20-12-22(26)25(28)23(27)13-20/h10-18H,2-9,29H2,1H3. The second kappa shape index (κ2) is 8.80. The highest BCUT2D eigenvalue weighted by atomic mass is 31.0. The van der Waals surface area contributed by atoms with E-state index in [2.05, 4.69) is 28.3 Å². The summed E-state index contributed by atoms with van der Waals surface area (Å²) in [6.07, 6.45) is 10.7. The molecule has 4 heteroatoms. The SMILES string of the molecule is CC1CCC(C2CCC(c3ccc(-c4cc(F)c(F)c(F)c4)c(P)c3)CC2)CC1. The fourth-order valence-electron chi connectivity index (χ4n) is 5.49. The molecule has 0 saturated heterocycles. The van der Waals surface area contributed by atoms with Gasteiger partial charge in [-0.2, -0.15) is 0 Å². The van der Waals surface area contributed by atoms with E-state index in [1.54, 1.807) is 0 Å². The van der Waals surface area contributed by atoms with E-state index in [0.717, 1.165) is 40.8 Å². The Morgan fingerprint density at radius 3 is 1.86 bits per heavy atom. The fourth-order valence-corrected chi connectivity index (χ4v) is 5.95. The maximum atomic E-state index is 13.6. The van der Waals surface area contributed by atoms with Crippen LogP contribution in [0.3, 0.4) is 0 Å². The molecule has 2 fully saturated rings. The molecule has 2 aromatic carbocycles. The van der Waals surface area contributed by atoms with E-state index in [9.17, 15) is 13.2 Å². The third-order valence-electron chi connectivity index (χ3n) is 7.34. The van der Waals surface area contributed by atoms with Gasteiger partial charge in [0.1, 0.15) is 0 Å². The van der Waals surface area contributed by atoms with Gasteiger partial charge in [-0.25, -0.2) is 13.2 Å². The lowest BCUT2D eigenvalue weighted by molar-refractivity contribution is 0.165. The summed E-state index contributed by atoms with van der Waals surface area (Å²) in [6, 6.07) is 8.24. The Bertz CT molecular complexity index is 839. The lowest BCUT2D eigenvalue weighted by Crippen LogP contribution is -2.25. The molecule has 4 rings (SSSR count). The van der Waals surface area contributed by atoms with Gasteiger partial charge in [0.25, 0.3) is 0 Å². The molecular formula is C25H30F3P. The normalized spacial score (nSPS) is 27.8. The molecule has 0 nitrogen and oxygen atoms in total. The maximum Gasteiger partial charge on any atom is 0.194 e. The Morgan fingerprint density at radius 1 is 0.759 bits per heavy atom. The van der Waals surface area contributed by atoms with Gasteiger partial charge in [0, 0.05) is 0 Å². The first kappa shape index (κ1) is 20.9. The molecule has 0 radical (unpaired) electrons. The molecule has 0 heterocycles. The van der Waals surface area contributed by atoms with Gasteiger partial charge in [0.15, 0.2) is 17.5 Å². The zero-order valence-electron chi connectivity index (χ0n) is 17.1. The average molecular weight is 418 g/mol. The Morgan fingerprint density at radius 2 is 1.31 bits per heavy atom. The van der Waals surface area contributed by atoms with Crippen molar-refractivity contribution in [1.82, 2.24) is 0 Å². The molecule has 0 bridgehead atoms. The van der Waals surface area contributed by atoms with Crippen LogP contribution in [0.4, 0.5) is 13.2 Å². The number of halogens is 3. The fraction of sp³-hybridized carbons (Fsp3) is 0.520. The molecule has 2 aliphatic carbocycles. The van der Waals surface area contributed by atoms with Gasteiger partial charge >= 0.3 is 0 Å². The van der Waals surface area contributed by atoms with Crippen molar-refractivity contribution in [1.29, 1.82) is 0 Å². The van der Waals surface area contributed by atoms with Crippen molar-refractivity contribution in [3.8, 4) is 11.1 Å². The van der Waals surface area contributed by atoms with E-state index in [1.807, 2.05) is 6.07 Å². The highest BCUT2D eigenvalue weighted by Gasteiger charge is 2.30. The maximum absolute atomic E-state index is 13.6. The van der Waals surface area contributed by atoms with Crippen molar-refractivity contribution in [3.05, 3.63) is 53.3 Å². The Kier molecular flexibility index (Phi) is 6.35. The summed E-state index contributed by atoms with van der Waals surface area (Å²) in [5, 5.41) is 0.899. The molecule has 29 heavy (non-hydrogen) atoms. The van der Waals surface area contributed by atoms with Crippen LogP contribution >= 0.6 is 9.24 Å². The van der Waals surface area contributed by atoms with Gasteiger partial charge in [0.2, 0.25) is 0 Å². The molecule has 0 aromatic heterocycles. The molecule has 0 spiro atoms. The molecular weight excluding hydrogens is 388 g/mol. The van der Waals surface area contributed by atoms with Crippen LogP contribution in [-0.4, -0.2) is 0 Å². The number of hydrogen-bond acceptors (Lipinski definition) is 0. The van der Waals surface area contributed by atoms with Crippen molar-refractivity contribution in [2.45, 2.75) is 64.2 Å². The van der Waals surface area contributed by atoms with E-state index >= 15 is 0 Å². The molecule has 1 unspecified atom stereocenters. The smallest absolute Gasteiger partial charge is 0.194 e. The van der Waals surface area contributed by atoms with Crippen molar-refractivity contribution in [3.63, 3.8) is 0 Å². The minimum atomic E-state index is -1.42. The summed E-state index contributed by atoms with van der Waals surface area (Å²) in [7, 11) is 2.67. The molecule has 156 valence electrons. The van der Waals surface area contributed by atoms with Crippen LogP contribution in [0.1, 0.15) is 69.8 Å². The van der Waals surface area contributed by atoms with Crippen LogP contribution in [0.5, 0.6) is 0 Å². The Hall–Kier alpha value is -1.34. The van der Waals surface area contributed by atoms with E-state index in [4.69, 9.17) is 0 Å². The van der Waals surface area contributed by atoms with E-state index in [-0.39, 0.29) is 0 Å². The summed E-state index contributed by atoms with van der Waals surface area (Å²) in [6.45, 7) is 2.38. The minimum absolute atomic E-state index is 0.369. The summed E-state index contributed by atoms with van der Waals surface area (Å²) in [5.74, 6) is -0.435. The van der Waals surface area contributed by atoms with Crippen LogP contribution in [0.2, 0.25) is 0 Å². The lowest BCUT2D eigenvalue weighted by Gasteiger charge is -2.37. The quantitative estimate of drug-likeness (QED) is 0.361. The summed E-state index contributed by atoms with van der Waals surface area (Å²) >= 11 is 0. The topological polar surface area (TPSA) is 0 Å². The monoisotopic (exact) mass is 418 g/mol. The first-order valence-corrected chi connectivity index (χ1v) is 11.5. The Labute approximate surface area is 174 Å². The van der Waals surface area contributed by atoms with Gasteiger partial charge in [-0.15, -0.1) is 9.24 Å². The molecule has 0 aliphatic heterocycles. The van der Waals surface area contributed by atoms with Crippen LogP contribution in [0.15, 0.2) is 30.3 Å². The second-order valence-electron chi connectivity index (χ2n) is 9.23. The predicted molar refractivity (Wildman–Crippen MR) is 117 cm³/mol. The first-order valence-electron chi connectivity index (χ1n) is 11.0. The largest absolute Gasteiger partial charge is 0.204 e. The predicted octanol–water partition coefficient (Wildman–Crippen LogP) is 7.37. The van der Waals surface area contributed by atoms with E-state index in [1.165, 1.54) is 56.9 Å². The molecule has 0 amide bonds. The molecule has 0 N–H and O–H groups in total. The van der Waals surface area contributed by atoms with Crippen molar-refractivity contribution in [2.75, 3.05) is 0 Å². The number of hydrogen-bond donors (Lipinski definition) is 0. The van der Waals surface area contributed by atoms with Crippen LogP contribution in [-0.2, 0) is 0 Å². The zero-order valence-corrected chi connectivity index (χ0v) is 18.2. The van der Waals surface area contributed by atoms with Crippen LogP contribution < -0.4 is 5.30 Å². The van der Waals surface area contributed by atoms with Gasteiger partial charge in [-0.05, 0) is 96.3 Å². The summed E-state index contributed by atoms with van der Waals surface area (Å²) < 4.78 is 40.5. The highest BCUT2D eigenvalue weighted by molar-refractivity contribution is 7.28. The van der Waals surface area contributed by atoms with E-state index < -0.39 is 17.5 Å². The summed E-state index contributed by atoms with van der Waals surface area (Å²) in [5.41, 5.74) is 2.40. The molecule has 2 aliphatic rings. The minimum Gasteiger partial charge on any atom is -0.204 e. The van der Waals surface area contributed by atoms with Gasteiger partial charge in [-0.3, -0.25) is 0 Å². The van der Waals surface area contributed by atoms with Gasteiger partial charge < -0.3 is 0 Å². The van der Waals surface area contributed by atoms with Crippen molar-refractivity contribution < 1.29 is 13.2 Å². The average Bonchev–Trinajstić information content (AvgIpc) is 2.72. The highest BCUT2D eigenvalue weighted by Crippen LogP contribution is 2.44. The number of benzene rings is 2. The first-order chi connectivity index (χ1) is 13.9. The van der Waals surface area contributed by atoms with Crippen molar-refractivity contribution in [2.24, 2.45) is 17.8 Å². The molecule has 2 aromatic rings. The second-order valence-corrected chi connectivity index (χ2v) is 9.85. The zero-order chi connectivity index (χ0) is 20.5. The molecule has 2 saturated carbocycles. The third kappa shape index (κ3) is 4.55. The summed E-state index contributed by atoms with van der Waals surface area (Å²) in [4.78, 5) is 0.